The van der Waals surface area contributed by atoms with Crippen molar-refractivity contribution in [2.75, 3.05) is 0 Å². The quantitative estimate of drug-likeness (QED) is 0.710. The Hall–Kier alpha value is -1.06. The van der Waals surface area contributed by atoms with Crippen molar-refractivity contribution in [3.63, 3.8) is 0 Å². The minimum Gasteiger partial charge on any atom is -0.688 e. The van der Waals surface area contributed by atoms with Gasteiger partial charge in [-0.25, -0.2) is 0 Å². The first-order valence-electron chi connectivity index (χ1n) is 5.93. The SMILES string of the molecule is CC1C=C(c2ccc(C(C)(C)C)cc2)O[SiH-]O1. The molecule has 92 valence electrons. The van der Waals surface area contributed by atoms with Gasteiger partial charge in [-0.2, -0.15) is 0 Å². The maximum Gasteiger partial charge on any atom is 0.0886 e. The van der Waals surface area contributed by atoms with Gasteiger partial charge in [-0.05, 0) is 24.0 Å². The van der Waals surface area contributed by atoms with Gasteiger partial charge in [-0.3, -0.25) is 0 Å². The van der Waals surface area contributed by atoms with Crippen LogP contribution in [0.3, 0.4) is 0 Å². The van der Waals surface area contributed by atoms with Gasteiger partial charge < -0.3 is 8.85 Å². The van der Waals surface area contributed by atoms with Crippen LogP contribution in [0.2, 0.25) is 0 Å². The van der Waals surface area contributed by atoms with E-state index in [-0.39, 0.29) is 21.5 Å². The zero-order valence-corrected chi connectivity index (χ0v) is 12.0. The van der Waals surface area contributed by atoms with Crippen LogP contribution in [0.5, 0.6) is 0 Å². The van der Waals surface area contributed by atoms with E-state index in [1.54, 1.807) is 0 Å². The first-order chi connectivity index (χ1) is 7.97. The zero-order valence-electron chi connectivity index (χ0n) is 10.9. The van der Waals surface area contributed by atoms with Crippen molar-refractivity contribution in [3.8, 4) is 0 Å². The molecule has 2 rings (SSSR count). The van der Waals surface area contributed by atoms with E-state index in [4.69, 9.17) is 8.85 Å². The monoisotopic (exact) mass is 247 g/mol. The van der Waals surface area contributed by atoms with Crippen LogP contribution in [0.1, 0.15) is 38.8 Å². The molecule has 0 fully saturated rings. The zero-order chi connectivity index (χ0) is 12.5. The van der Waals surface area contributed by atoms with Crippen molar-refractivity contribution in [1.82, 2.24) is 0 Å². The lowest BCUT2D eigenvalue weighted by molar-refractivity contribution is 0.221. The van der Waals surface area contributed by atoms with Crippen molar-refractivity contribution < 1.29 is 8.85 Å². The highest BCUT2D eigenvalue weighted by atomic mass is 28.3. The molecule has 0 N–H and O–H groups in total. The lowest BCUT2D eigenvalue weighted by atomic mass is 9.86. The van der Waals surface area contributed by atoms with Crippen LogP contribution in [0.25, 0.3) is 5.76 Å². The molecule has 3 heteroatoms. The van der Waals surface area contributed by atoms with Crippen molar-refractivity contribution in [1.29, 1.82) is 0 Å². The maximum absolute atomic E-state index is 5.58. The van der Waals surface area contributed by atoms with Crippen LogP contribution >= 0.6 is 0 Å². The smallest absolute Gasteiger partial charge is 0.0886 e. The van der Waals surface area contributed by atoms with E-state index in [1.807, 2.05) is 13.0 Å². The molecule has 2 nitrogen and oxygen atoms in total. The molecule has 0 bridgehead atoms. The molecule has 1 unspecified atom stereocenters. The highest BCUT2D eigenvalue weighted by Crippen LogP contribution is 2.25. The van der Waals surface area contributed by atoms with Crippen LogP contribution in [-0.2, 0) is 14.3 Å². The Balaban J connectivity index is 2.24. The van der Waals surface area contributed by atoms with Gasteiger partial charge in [-0.15, -0.1) is 0 Å². The lowest BCUT2D eigenvalue weighted by Crippen LogP contribution is -2.18. The van der Waals surface area contributed by atoms with Crippen LogP contribution in [0.15, 0.2) is 30.3 Å². The molecular formula is C14H19O2Si-. The summed E-state index contributed by atoms with van der Waals surface area (Å²) in [6.45, 7) is 8.70. The summed E-state index contributed by atoms with van der Waals surface area (Å²) in [7, 11) is -0.365. The maximum atomic E-state index is 5.58. The van der Waals surface area contributed by atoms with Gasteiger partial charge in [0.25, 0.3) is 0 Å². The lowest BCUT2D eigenvalue weighted by Gasteiger charge is -2.31. The highest BCUT2D eigenvalue weighted by molar-refractivity contribution is 6.21. The van der Waals surface area contributed by atoms with Gasteiger partial charge in [0.05, 0.1) is 15.8 Å². The van der Waals surface area contributed by atoms with E-state index in [1.165, 1.54) is 5.56 Å². The molecule has 1 heterocycles. The molecule has 1 aromatic carbocycles. The number of benzene rings is 1. The molecule has 1 aliphatic rings. The summed E-state index contributed by atoms with van der Waals surface area (Å²) in [5, 5.41) is 0. The topological polar surface area (TPSA) is 18.5 Å². The second kappa shape index (κ2) is 4.67. The third-order valence-electron chi connectivity index (χ3n) is 2.87. The number of hydrogen-bond donors (Lipinski definition) is 0. The number of hydrogen-bond acceptors (Lipinski definition) is 2. The minimum absolute atomic E-state index is 0.163. The number of rotatable bonds is 1. The van der Waals surface area contributed by atoms with Crippen molar-refractivity contribution in [2.24, 2.45) is 0 Å². The molecule has 0 spiro atoms. The molecule has 0 amide bonds. The van der Waals surface area contributed by atoms with Crippen molar-refractivity contribution in [2.45, 2.75) is 39.2 Å². The van der Waals surface area contributed by atoms with Gasteiger partial charge in [0, 0.05) is 11.7 Å². The highest BCUT2D eigenvalue weighted by Gasteiger charge is 2.14. The van der Waals surface area contributed by atoms with Gasteiger partial charge >= 0.3 is 0 Å². The summed E-state index contributed by atoms with van der Waals surface area (Å²) in [4.78, 5) is 0. The summed E-state index contributed by atoms with van der Waals surface area (Å²) < 4.78 is 11.0. The van der Waals surface area contributed by atoms with Crippen LogP contribution in [-0.4, -0.2) is 16.1 Å². The summed E-state index contributed by atoms with van der Waals surface area (Å²) in [5.41, 5.74) is 2.68. The van der Waals surface area contributed by atoms with Crippen LogP contribution < -0.4 is 0 Å². The largest absolute Gasteiger partial charge is 0.688 e. The van der Waals surface area contributed by atoms with E-state index >= 15 is 0 Å². The first-order valence-corrected chi connectivity index (χ1v) is 6.87. The molecule has 1 aromatic rings. The van der Waals surface area contributed by atoms with Crippen LogP contribution in [0.4, 0.5) is 0 Å². The predicted molar refractivity (Wildman–Crippen MR) is 71.9 cm³/mol. The molecule has 0 radical (unpaired) electrons. The van der Waals surface area contributed by atoms with E-state index in [2.05, 4.69) is 45.0 Å². The Kier molecular flexibility index (Phi) is 3.40. The summed E-state index contributed by atoms with van der Waals surface area (Å²) in [6.07, 6.45) is 2.19. The fourth-order valence-corrected chi connectivity index (χ4v) is 2.39. The molecule has 0 aliphatic carbocycles. The second-order valence-corrected chi connectivity index (χ2v) is 6.11. The van der Waals surface area contributed by atoms with Crippen molar-refractivity contribution in [3.05, 3.63) is 41.5 Å². The summed E-state index contributed by atoms with van der Waals surface area (Å²) in [6, 6.07) is 8.61. The Labute approximate surface area is 106 Å². The van der Waals surface area contributed by atoms with E-state index < -0.39 is 0 Å². The molecule has 1 atom stereocenters. The van der Waals surface area contributed by atoms with Gasteiger partial charge in [0.15, 0.2) is 0 Å². The summed E-state index contributed by atoms with van der Waals surface area (Å²) >= 11 is 0. The standard InChI is InChI=1S/C14H19O2Si/c1-10-9-13(16-17-15-10)11-5-7-12(8-6-11)14(2,3)4/h5-10,17H,1-4H3/q-1. The fourth-order valence-electron chi connectivity index (χ4n) is 1.76. The first kappa shape index (κ1) is 12.4. The average Bonchev–Trinajstić information content (AvgIpc) is 2.28. The molecule has 0 saturated heterocycles. The van der Waals surface area contributed by atoms with Gasteiger partial charge in [0.1, 0.15) is 0 Å². The summed E-state index contributed by atoms with van der Waals surface area (Å²) in [5.74, 6) is 0.958. The third-order valence-corrected chi connectivity index (χ3v) is 3.76. The van der Waals surface area contributed by atoms with Gasteiger partial charge in [0.2, 0.25) is 0 Å². The second-order valence-electron chi connectivity index (χ2n) is 5.41. The molecule has 17 heavy (non-hydrogen) atoms. The minimum atomic E-state index is -0.365. The van der Waals surface area contributed by atoms with E-state index in [0.717, 1.165) is 11.3 Å². The fraction of sp³-hybridized carbons (Fsp3) is 0.429. The van der Waals surface area contributed by atoms with E-state index in [0.29, 0.717) is 0 Å². The normalized spacial score (nSPS) is 20.7. The molecule has 0 saturated carbocycles. The molecule has 1 aliphatic heterocycles. The Bertz CT molecular complexity index is 415. The Morgan fingerprint density at radius 1 is 1.12 bits per heavy atom. The predicted octanol–water partition coefficient (Wildman–Crippen LogP) is 3.03. The van der Waals surface area contributed by atoms with Crippen molar-refractivity contribution >= 4 is 15.8 Å². The molecule has 0 aromatic heterocycles. The molecular weight excluding hydrogens is 228 g/mol. The van der Waals surface area contributed by atoms with E-state index in [9.17, 15) is 0 Å². The van der Waals surface area contributed by atoms with Crippen LogP contribution in [0, 0.1) is 0 Å². The Morgan fingerprint density at radius 2 is 1.76 bits per heavy atom. The third kappa shape index (κ3) is 2.99. The van der Waals surface area contributed by atoms with Gasteiger partial charge in [-0.1, -0.05) is 45.0 Å². The Morgan fingerprint density at radius 3 is 2.29 bits per heavy atom. The average molecular weight is 247 g/mol.